The van der Waals surface area contributed by atoms with E-state index in [4.69, 9.17) is 4.74 Å². The van der Waals surface area contributed by atoms with Crippen molar-refractivity contribution in [1.29, 1.82) is 0 Å². The number of ether oxygens (including phenoxy) is 1. The van der Waals surface area contributed by atoms with Gasteiger partial charge in [0, 0.05) is 19.2 Å². The van der Waals surface area contributed by atoms with Gasteiger partial charge in [-0.2, -0.15) is 0 Å². The molecule has 1 amide bonds. The highest BCUT2D eigenvalue weighted by Gasteiger charge is 2.09. The first-order chi connectivity index (χ1) is 12.6. The Morgan fingerprint density at radius 1 is 1.08 bits per heavy atom. The summed E-state index contributed by atoms with van der Waals surface area (Å²) in [6, 6.07) is 16.3. The largest absolute Gasteiger partial charge is 0.507 e. The Kier molecular flexibility index (Phi) is 5.29. The Balaban J connectivity index is 1.86. The van der Waals surface area contributed by atoms with E-state index in [1.165, 1.54) is 6.07 Å². The predicted molar refractivity (Wildman–Crippen MR) is 101 cm³/mol. The van der Waals surface area contributed by atoms with E-state index in [-0.39, 0.29) is 17.2 Å². The summed E-state index contributed by atoms with van der Waals surface area (Å²) in [6.45, 7) is 0.937. The molecule has 0 saturated heterocycles. The van der Waals surface area contributed by atoms with Gasteiger partial charge < -0.3 is 15.2 Å². The van der Waals surface area contributed by atoms with Crippen molar-refractivity contribution < 1.29 is 19.4 Å². The van der Waals surface area contributed by atoms with Crippen LogP contribution in [0.2, 0.25) is 0 Å². The Hall–Kier alpha value is -3.18. The summed E-state index contributed by atoms with van der Waals surface area (Å²) < 4.78 is 4.91. The Morgan fingerprint density at radius 2 is 1.81 bits per heavy atom. The van der Waals surface area contributed by atoms with E-state index in [0.717, 1.165) is 16.5 Å². The zero-order valence-corrected chi connectivity index (χ0v) is 14.4. The highest BCUT2D eigenvalue weighted by atomic mass is 16.5. The molecule has 0 heterocycles. The van der Waals surface area contributed by atoms with E-state index >= 15 is 0 Å². The first-order valence-corrected chi connectivity index (χ1v) is 8.22. The zero-order chi connectivity index (χ0) is 18.5. The molecule has 3 aromatic carbocycles. The van der Waals surface area contributed by atoms with Crippen LogP contribution in [-0.4, -0.2) is 37.6 Å². The van der Waals surface area contributed by atoms with Crippen molar-refractivity contribution in [3.63, 3.8) is 0 Å². The second kappa shape index (κ2) is 7.80. The molecule has 0 aliphatic carbocycles. The SMILES string of the molecule is COCCNC(=O)c1ccc(-c2ccc3c(C=O)c(O)ccc3c2)cc1. The van der Waals surface area contributed by atoms with Gasteiger partial charge in [-0.1, -0.05) is 30.3 Å². The molecular formula is C21H19NO4. The fourth-order valence-electron chi connectivity index (χ4n) is 2.83. The number of aromatic hydroxyl groups is 1. The number of methoxy groups -OCH3 is 1. The molecule has 0 aliphatic rings. The van der Waals surface area contributed by atoms with Crippen LogP contribution < -0.4 is 5.32 Å². The highest BCUT2D eigenvalue weighted by Crippen LogP contribution is 2.30. The van der Waals surface area contributed by atoms with E-state index < -0.39 is 0 Å². The topological polar surface area (TPSA) is 75.6 Å². The molecule has 0 aliphatic heterocycles. The average Bonchev–Trinajstić information content (AvgIpc) is 2.68. The number of carbonyl (C=O) groups excluding carboxylic acids is 2. The fraction of sp³-hybridized carbons (Fsp3) is 0.143. The van der Waals surface area contributed by atoms with E-state index in [0.29, 0.717) is 30.4 Å². The lowest BCUT2D eigenvalue weighted by Crippen LogP contribution is -2.26. The molecule has 26 heavy (non-hydrogen) atoms. The maximum Gasteiger partial charge on any atom is 0.251 e. The van der Waals surface area contributed by atoms with E-state index in [1.807, 2.05) is 30.3 Å². The number of benzene rings is 3. The standard InChI is InChI=1S/C21H19NO4/c1-26-11-10-22-21(25)15-4-2-14(3-5-15)16-6-8-18-17(12-16)7-9-20(24)19(18)13-23/h2-9,12-13,24H,10-11H2,1H3,(H,22,25). The maximum absolute atomic E-state index is 12.0. The number of hydrogen-bond donors (Lipinski definition) is 2. The van der Waals surface area contributed by atoms with Crippen molar-refractivity contribution in [2.24, 2.45) is 0 Å². The lowest BCUT2D eigenvalue weighted by atomic mass is 9.98. The van der Waals surface area contributed by atoms with Gasteiger partial charge in [-0.15, -0.1) is 0 Å². The highest BCUT2D eigenvalue weighted by molar-refractivity contribution is 6.02. The van der Waals surface area contributed by atoms with Gasteiger partial charge in [0.1, 0.15) is 5.75 Å². The van der Waals surface area contributed by atoms with Gasteiger partial charge in [0.25, 0.3) is 5.91 Å². The number of fused-ring (bicyclic) bond motifs is 1. The summed E-state index contributed by atoms with van der Waals surface area (Å²) in [5.41, 5.74) is 2.79. The average molecular weight is 349 g/mol. The van der Waals surface area contributed by atoms with Crippen LogP contribution >= 0.6 is 0 Å². The van der Waals surface area contributed by atoms with Gasteiger partial charge in [-0.05, 0) is 46.2 Å². The summed E-state index contributed by atoms with van der Waals surface area (Å²) in [7, 11) is 1.59. The molecule has 0 spiro atoms. The number of phenols is 1. The van der Waals surface area contributed by atoms with Crippen LogP contribution in [0.25, 0.3) is 21.9 Å². The van der Waals surface area contributed by atoms with Crippen molar-refractivity contribution in [2.45, 2.75) is 0 Å². The number of amides is 1. The second-order valence-electron chi connectivity index (χ2n) is 5.88. The van der Waals surface area contributed by atoms with Crippen LogP contribution in [0.5, 0.6) is 5.75 Å². The van der Waals surface area contributed by atoms with Gasteiger partial charge in [-0.3, -0.25) is 9.59 Å². The van der Waals surface area contributed by atoms with Crippen molar-refractivity contribution >= 4 is 23.0 Å². The summed E-state index contributed by atoms with van der Waals surface area (Å²) in [4.78, 5) is 23.2. The first-order valence-electron chi connectivity index (χ1n) is 8.22. The van der Waals surface area contributed by atoms with Gasteiger partial charge in [-0.25, -0.2) is 0 Å². The smallest absolute Gasteiger partial charge is 0.251 e. The molecule has 2 N–H and O–H groups in total. The van der Waals surface area contributed by atoms with Crippen LogP contribution in [0.15, 0.2) is 54.6 Å². The van der Waals surface area contributed by atoms with Crippen LogP contribution in [0.3, 0.4) is 0 Å². The van der Waals surface area contributed by atoms with E-state index in [2.05, 4.69) is 5.32 Å². The number of nitrogens with one attached hydrogen (secondary N) is 1. The molecule has 0 fully saturated rings. The second-order valence-corrected chi connectivity index (χ2v) is 5.88. The molecule has 5 heteroatoms. The maximum atomic E-state index is 12.0. The minimum absolute atomic E-state index is 0.0240. The normalized spacial score (nSPS) is 10.7. The molecule has 0 saturated carbocycles. The monoisotopic (exact) mass is 349 g/mol. The molecule has 0 unspecified atom stereocenters. The van der Waals surface area contributed by atoms with Gasteiger partial charge in [0.05, 0.1) is 12.2 Å². The summed E-state index contributed by atoms with van der Waals surface area (Å²) in [5.74, 6) is -0.165. The first kappa shape index (κ1) is 17.6. The fourth-order valence-corrected chi connectivity index (χ4v) is 2.83. The Labute approximate surface area is 151 Å². The third-order valence-corrected chi connectivity index (χ3v) is 4.23. The van der Waals surface area contributed by atoms with Crippen molar-refractivity contribution in [2.75, 3.05) is 20.3 Å². The van der Waals surface area contributed by atoms with Crippen LogP contribution in [0, 0.1) is 0 Å². The van der Waals surface area contributed by atoms with Crippen molar-refractivity contribution in [3.8, 4) is 16.9 Å². The quantitative estimate of drug-likeness (QED) is 0.528. The molecule has 3 aromatic rings. The van der Waals surface area contributed by atoms with Crippen LogP contribution in [0.4, 0.5) is 0 Å². The van der Waals surface area contributed by atoms with Gasteiger partial charge in [0.15, 0.2) is 6.29 Å². The Bertz CT molecular complexity index is 948. The number of phenolic OH excluding ortho intramolecular Hbond substituents is 1. The van der Waals surface area contributed by atoms with Crippen LogP contribution in [-0.2, 0) is 4.74 Å². The summed E-state index contributed by atoms with van der Waals surface area (Å²) >= 11 is 0. The molecule has 5 nitrogen and oxygen atoms in total. The van der Waals surface area contributed by atoms with Crippen molar-refractivity contribution in [3.05, 3.63) is 65.7 Å². The molecule has 3 rings (SSSR count). The minimum Gasteiger partial charge on any atom is -0.507 e. The third kappa shape index (κ3) is 3.58. The molecule has 0 radical (unpaired) electrons. The predicted octanol–water partition coefficient (Wildman–Crippen LogP) is 3.40. The number of rotatable bonds is 6. The lowest BCUT2D eigenvalue weighted by molar-refractivity contribution is 0.0937. The van der Waals surface area contributed by atoms with Crippen LogP contribution in [0.1, 0.15) is 20.7 Å². The lowest BCUT2D eigenvalue weighted by Gasteiger charge is -2.08. The molecule has 0 bridgehead atoms. The Morgan fingerprint density at radius 3 is 2.50 bits per heavy atom. The zero-order valence-electron chi connectivity index (χ0n) is 14.4. The van der Waals surface area contributed by atoms with E-state index in [1.54, 1.807) is 25.3 Å². The number of aldehydes is 1. The van der Waals surface area contributed by atoms with E-state index in [9.17, 15) is 14.7 Å². The van der Waals surface area contributed by atoms with Crippen molar-refractivity contribution in [1.82, 2.24) is 5.32 Å². The molecule has 0 aromatic heterocycles. The van der Waals surface area contributed by atoms with Gasteiger partial charge >= 0.3 is 0 Å². The number of carbonyl (C=O) groups is 2. The number of hydrogen-bond acceptors (Lipinski definition) is 4. The molecule has 132 valence electrons. The summed E-state index contributed by atoms with van der Waals surface area (Å²) in [6.07, 6.45) is 0.661. The summed E-state index contributed by atoms with van der Waals surface area (Å²) in [5, 5.41) is 14.1. The third-order valence-electron chi connectivity index (χ3n) is 4.23. The minimum atomic E-state index is -0.141. The van der Waals surface area contributed by atoms with Gasteiger partial charge in [0.2, 0.25) is 0 Å². The molecule has 0 atom stereocenters. The molecular weight excluding hydrogens is 330 g/mol.